The Hall–Kier alpha value is -3.62. The van der Waals surface area contributed by atoms with Crippen molar-refractivity contribution in [1.29, 1.82) is 0 Å². The lowest BCUT2D eigenvalue weighted by Crippen LogP contribution is -2.52. The Morgan fingerprint density at radius 2 is 1.51 bits per heavy atom. The van der Waals surface area contributed by atoms with Gasteiger partial charge in [-0.3, -0.25) is 24.3 Å². The van der Waals surface area contributed by atoms with E-state index in [1.54, 1.807) is 24.5 Å². The normalized spacial score (nSPS) is 18.9. The number of benzene rings is 2. The predicted molar refractivity (Wildman–Crippen MR) is 130 cm³/mol. The molecule has 7 nitrogen and oxygen atoms in total. The second-order valence-electron chi connectivity index (χ2n) is 8.52. The number of ketones is 1. The number of amides is 2. The molecule has 1 aromatic heterocycles. The van der Waals surface area contributed by atoms with Crippen molar-refractivity contribution in [3.63, 3.8) is 0 Å². The number of aromatic nitrogens is 1. The number of pyridine rings is 1. The monoisotopic (exact) mass is 492 g/mol. The molecule has 5 rings (SSSR count). The zero-order valence-corrected chi connectivity index (χ0v) is 19.5. The Morgan fingerprint density at radius 1 is 0.886 bits per heavy atom. The van der Waals surface area contributed by atoms with Gasteiger partial charge in [0, 0.05) is 55.4 Å². The van der Waals surface area contributed by atoms with Gasteiger partial charge in [-0.2, -0.15) is 0 Å². The van der Waals surface area contributed by atoms with Crippen LogP contribution in [0.3, 0.4) is 0 Å². The number of hydrogen-bond donors (Lipinski definition) is 0. The van der Waals surface area contributed by atoms with E-state index in [0.29, 0.717) is 37.3 Å². The van der Waals surface area contributed by atoms with Gasteiger partial charge in [-0.1, -0.05) is 11.6 Å². The topological polar surface area (TPSA) is 73.8 Å². The van der Waals surface area contributed by atoms with Crippen LogP contribution in [-0.2, 0) is 9.59 Å². The van der Waals surface area contributed by atoms with Gasteiger partial charge in [-0.05, 0) is 54.6 Å². The average molecular weight is 493 g/mol. The summed E-state index contributed by atoms with van der Waals surface area (Å²) in [5.74, 6) is -1.29. The molecule has 0 spiro atoms. The highest BCUT2D eigenvalue weighted by Gasteiger charge is 2.43. The van der Waals surface area contributed by atoms with Gasteiger partial charge in [-0.15, -0.1) is 0 Å². The molecule has 0 aliphatic carbocycles. The van der Waals surface area contributed by atoms with Crippen molar-refractivity contribution in [3.05, 3.63) is 89.0 Å². The Kier molecular flexibility index (Phi) is 6.32. The molecule has 9 heteroatoms. The Labute approximate surface area is 206 Å². The van der Waals surface area contributed by atoms with Crippen molar-refractivity contribution in [3.8, 4) is 0 Å². The number of imide groups is 1. The Bertz CT molecular complexity index is 1280. The van der Waals surface area contributed by atoms with Gasteiger partial charge in [0.05, 0.1) is 23.2 Å². The molecule has 3 heterocycles. The lowest BCUT2D eigenvalue weighted by atomic mass is 10.0. The largest absolute Gasteiger partial charge is 0.369 e. The number of nitrogens with zero attached hydrogens (tertiary/aromatic N) is 4. The second-order valence-corrected chi connectivity index (χ2v) is 8.93. The summed E-state index contributed by atoms with van der Waals surface area (Å²) >= 11 is 5.84. The van der Waals surface area contributed by atoms with Gasteiger partial charge in [0.2, 0.25) is 5.91 Å². The number of rotatable bonds is 5. The van der Waals surface area contributed by atoms with Crippen molar-refractivity contribution in [2.24, 2.45) is 0 Å². The molecule has 2 aromatic carbocycles. The maximum atomic E-state index is 13.5. The van der Waals surface area contributed by atoms with E-state index in [4.69, 9.17) is 11.6 Å². The molecule has 0 radical (unpaired) electrons. The molecule has 178 valence electrons. The molecule has 0 N–H and O–H groups in total. The van der Waals surface area contributed by atoms with E-state index in [-0.39, 0.29) is 34.7 Å². The van der Waals surface area contributed by atoms with Crippen LogP contribution in [0.15, 0.2) is 67.0 Å². The zero-order chi connectivity index (χ0) is 24.5. The van der Waals surface area contributed by atoms with E-state index in [1.807, 2.05) is 29.2 Å². The van der Waals surface area contributed by atoms with Crippen molar-refractivity contribution in [2.75, 3.05) is 36.0 Å². The standard InChI is InChI=1S/C26H22ClFN4O3/c27-21-15-20(5-6-22(21)28)32-24(33)16-23(26(32)35)31-13-11-30(12-14-31)19-3-1-17(2-4-19)25(34)18-7-9-29-10-8-18/h1-10,15,23H,11-14,16H2. The molecule has 0 bridgehead atoms. The van der Waals surface area contributed by atoms with E-state index in [1.165, 1.54) is 12.1 Å². The number of piperazine rings is 1. The van der Waals surface area contributed by atoms with E-state index in [9.17, 15) is 18.8 Å². The Morgan fingerprint density at radius 3 is 2.17 bits per heavy atom. The summed E-state index contributed by atoms with van der Waals surface area (Å²) < 4.78 is 13.5. The van der Waals surface area contributed by atoms with Crippen LogP contribution in [0.2, 0.25) is 5.02 Å². The SMILES string of the molecule is O=C(c1ccncc1)c1ccc(N2CCN(C3CC(=O)N(c4ccc(F)c(Cl)c4)C3=O)CC2)cc1. The van der Waals surface area contributed by atoms with E-state index >= 15 is 0 Å². The summed E-state index contributed by atoms with van der Waals surface area (Å²) in [7, 11) is 0. The van der Waals surface area contributed by atoms with Crippen molar-refractivity contribution in [1.82, 2.24) is 9.88 Å². The van der Waals surface area contributed by atoms with Gasteiger partial charge in [0.1, 0.15) is 5.82 Å². The third-order valence-electron chi connectivity index (χ3n) is 6.48. The molecule has 2 aliphatic heterocycles. The lowest BCUT2D eigenvalue weighted by Gasteiger charge is -2.38. The smallest absolute Gasteiger partial charge is 0.251 e. The third-order valence-corrected chi connectivity index (χ3v) is 6.77. The summed E-state index contributed by atoms with van der Waals surface area (Å²) in [6.07, 6.45) is 3.27. The van der Waals surface area contributed by atoms with E-state index in [2.05, 4.69) is 9.88 Å². The average Bonchev–Trinajstić information content (AvgIpc) is 3.19. The van der Waals surface area contributed by atoms with Crippen LogP contribution in [0.5, 0.6) is 0 Å². The summed E-state index contributed by atoms with van der Waals surface area (Å²) in [5, 5.41) is -0.131. The number of hydrogen-bond acceptors (Lipinski definition) is 6. The summed E-state index contributed by atoms with van der Waals surface area (Å²) in [6, 6.07) is 14.2. The fourth-order valence-electron chi connectivity index (χ4n) is 4.58. The zero-order valence-electron chi connectivity index (χ0n) is 18.7. The van der Waals surface area contributed by atoms with Crippen LogP contribution in [0.25, 0.3) is 0 Å². The lowest BCUT2D eigenvalue weighted by molar-refractivity contribution is -0.123. The van der Waals surface area contributed by atoms with Gasteiger partial charge in [0.25, 0.3) is 5.91 Å². The summed E-state index contributed by atoms with van der Waals surface area (Å²) in [6.45, 7) is 2.58. The first-order valence-electron chi connectivity index (χ1n) is 11.3. The quantitative estimate of drug-likeness (QED) is 0.400. The molecule has 2 fully saturated rings. The number of halogens is 2. The number of anilines is 2. The van der Waals surface area contributed by atoms with Crippen molar-refractivity contribution in [2.45, 2.75) is 12.5 Å². The van der Waals surface area contributed by atoms with Gasteiger partial charge in [0.15, 0.2) is 5.78 Å². The molecule has 1 atom stereocenters. The Balaban J connectivity index is 1.22. The van der Waals surface area contributed by atoms with Gasteiger partial charge in [-0.25, -0.2) is 9.29 Å². The first-order chi connectivity index (χ1) is 16.9. The van der Waals surface area contributed by atoms with Crippen LogP contribution >= 0.6 is 11.6 Å². The number of carbonyl (C=O) groups excluding carboxylic acids is 3. The molecule has 2 amide bonds. The molecule has 2 aliphatic rings. The minimum Gasteiger partial charge on any atom is -0.369 e. The molecule has 35 heavy (non-hydrogen) atoms. The van der Waals surface area contributed by atoms with Crippen LogP contribution < -0.4 is 9.80 Å². The van der Waals surface area contributed by atoms with Crippen molar-refractivity contribution < 1.29 is 18.8 Å². The highest BCUT2D eigenvalue weighted by Crippen LogP contribution is 2.30. The molecule has 2 saturated heterocycles. The third kappa shape index (κ3) is 4.54. The van der Waals surface area contributed by atoms with E-state index in [0.717, 1.165) is 16.7 Å². The second kappa shape index (κ2) is 9.56. The first kappa shape index (κ1) is 23.1. The van der Waals surface area contributed by atoms with Gasteiger partial charge < -0.3 is 4.90 Å². The van der Waals surface area contributed by atoms with Crippen LogP contribution in [0.4, 0.5) is 15.8 Å². The summed E-state index contributed by atoms with van der Waals surface area (Å²) in [4.78, 5) is 47.5. The summed E-state index contributed by atoms with van der Waals surface area (Å²) in [5.41, 5.74) is 2.48. The van der Waals surface area contributed by atoms with Crippen LogP contribution in [-0.4, -0.2) is 59.7 Å². The highest BCUT2D eigenvalue weighted by molar-refractivity contribution is 6.31. The highest BCUT2D eigenvalue weighted by atomic mass is 35.5. The molecule has 0 saturated carbocycles. The minimum absolute atomic E-state index is 0.0554. The van der Waals surface area contributed by atoms with Gasteiger partial charge >= 0.3 is 0 Å². The minimum atomic E-state index is -0.600. The fraction of sp³-hybridized carbons (Fsp3) is 0.231. The maximum Gasteiger partial charge on any atom is 0.251 e. The first-order valence-corrected chi connectivity index (χ1v) is 11.7. The van der Waals surface area contributed by atoms with Crippen molar-refractivity contribution >= 4 is 40.6 Å². The van der Waals surface area contributed by atoms with Crippen LogP contribution in [0, 0.1) is 5.82 Å². The van der Waals surface area contributed by atoms with Crippen LogP contribution in [0.1, 0.15) is 22.3 Å². The fourth-order valence-corrected chi connectivity index (χ4v) is 4.76. The molecular weight excluding hydrogens is 471 g/mol. The maximum absolute atomic E-state index is 13.5. The predicted octanol–water partition coefficient (Wildman–Crippen LogP) is 3.56. The van der Waals surface area contributed by atoms with E-state index < -0.39 is 11.9 Å². The number of carbonyl (C=O) groups is 3. The molecular formula is C26H22ClFN4O3. The molecule has 1 unspecified atom stereocenters. The molecule has 3 aromatic rings.